The van der Waals surface area contributed by atoms with Gasteiger partial charge in [0.25, 0.3) is 0 Å². The van der Waals surface area contributed by atoms with Gasteiger partial charge < -0.3 is 15.3 Å². The molecule has 0 amide bonds. The Morgan fingerprint density at radius 3 is 1.64 bits per heavy atom. The van der Waals surface area contributed by atoms with E-state index in [2.05, 4.69) is 48.6 Å². The van der Waals surface area contributed by atoms with Gasteiger partial charge in [0.1, 0.15) is 0 Å². The summed E-state index contributed by atoms with van der Waals surface area (Å²) in [6.45, 7) is 9.67. The fourth-order valence-electron chi connectivity index (χ4n) is 1.39. The van der Waals surface area contributed by atoms with E-state index in [1.54, 1.807) is 45.4 Å². The monoisotopic (exact) mass is 381 g/mol. The van der Waals surface area contributed by atoms with E-state index in [-0.39, 0.29) is 19.2 Å². The molecule has 0 saturated heterocycles. The fourth-order valence-corrected chi connectivity index (χ4v) is 3.17. The summed E-state index contributed by atoms with van der Waals surface area (Å²) in [6, 6.07) is 10.8. The van der Waals surface area contributed by atoms with Crippen LogP contribution in [0, 0.1) is 0 Å². The molecule has 0 atom stereocenters. The summed E-state index contributed by atoms with van der Waals surface area (Å²) >= 11 is 0.110. The van der Waals surface area contributed by atoms with Crippen molar-refractivity contribution in [3.8, 4) is 0 Å². The minimum absolute atomic E-state index is 0.110. The third-order valence-electron chi connectivity index (χ3n) is 2.13. The molecule has 0 radical (unpaired) electrons. The van der Waals surface area contributed by atoms with Crippen molar-refractivity contribution < 1.29 is 34.5 Å². The largest absolute Gasteiger partial charge is 0.852 e. The molecule has 0 spiro atoms. The number of rotatable bonds is 3. The fraction of sp³-hybridized carbons (Fsp3) is 0.524. The molecule has 4 heteroatoms. The molecule has 2 rings (SSSR count). The molecular weight excluding hydrogens is 348 g/mol. The summed E-state index contributed by atoms with van der Waals surface area (Å²) in [7, 11) is 0. The standard InChI is InChI=1S/C7H7.C5H5.3C3H7O.Ti/c1-7-5-3-2-4-6-7;1-2-4-5-3-1;3*1-3(2)4;/h2-6H,1H2;1-3H,4H2;3*3H,1-2H3;/q;;3*-1;+3. The summed E-state index contributed by atoms with van der Waals surface area (Å²) < 4.78 is 2.98. The molecule has 0 aliphatic heterocycles. The van der Waals surface area contributed by atoms with Crippen LogP contribution in [0.5, 0.6) is 0 Å². The van der Waals surface area contributed by atoms with Crippen molar-refractivity contribution in [1.29, 1.82) is 0 Å². The maximum absolute atomic E-state index is 9.53. The Labute approximate surface area is 163 Å². The van der Waals surface area contributed by atoms with Crippen molar-refractivity contribution in [2.75, 3.05) is 0 Å². The van der Waals surface area contributed by atoms with Gasteiger partial charge in [-0.2, -0.15) is 0 Å². The van der Waals surface area contributed by atoms with Crippen LogP contribution >= 0.6 is 0 Å². The van der Waals surface area contributed by atoms with Crippen LogP contribution in [0.4, 0.5) is 0 Å². The van der Waals surface area contributed by atoms with Gasteiger partial charge in [0.05, 0.1) is 0 Å². The molecule has 1 aromatic rings. The Balaban J connectivity index is 0. The molecule has 1 aliphatic rings. The first kappa shape index (κ1) is 26.5. The maximum Gasteiger partial charge on any atom is -0.0783 e. The second kappa shape index (κ2) is 18.1. The molecule has 0 N–H and O–H groups in total. The van der Waals surface area contributed by atoms with Gasteiger partial charge in [-0.05, 0) is 0 Å². The van der Waals surface area contributed by atoms with Crippen molar-refractivity contribution in [3.05, 3.63) is 58.0 Å². The van der Waals surface area contributed by atoms with Gasteiger partial charge in [0, 0.05) is 0 Å². The first-order valence-corrected chi connectivity index (χ1v) is 10.6. The first-order valence-electron chi connectivity index (χ1n) is 8.76. The van der Waals surface area contributed by atoms with Crippen LogP contribution in [0.15, 0.2) is 52.4 Å². The average molecular weight is 381 g/mol. The van der Waals surface area contributed by atoms with Crippen LogP contribution in [-0.4, -0.2) is 18.3 Å². The maximum atomic E-state index is 9.53. The van der Waals surface area contributed by atoms with E-state index < -0.39 is 18.3 Å². The molecule has 0 fully saturated rings. The van der Waals surface area contributed by atoms with Crippen molar-refractivity contribution in [3.63, 3.8) is 0 Å². The Morgan fingerprint density at radius 2 is 1.28 bits per heavy atom. The van der Waals surface area contributed by atoms with E-state index >= 15 is 0 Å². The molecule has 0 unspecified atom stereocenters. The minimum Gasteiger partial charge on any atom is -0.852 e. The Kier molecular flexibility index (Phi) is 19.2. The van der Waals surface area contributed by atoms with E-state index in [9.17, 15) is 15.3 Å². The van der Waals surface area contributed by atoms with Gasteiger partial charge in [-0.25, -0.2) is 0 Å². The zero-order valence-corrected chi connectivity index (χ0v) is 18.1. The zero-order valence-electron chi connectivity index (χ0n) is 16.5. The summed E-state index contributed by atoms with van der Waals surface area (Å²) in [5.74, 6) is 0. The second-order valence-corrected chi connectivity index (χ2v) is 8.42. The summed E-state index contributed by atoms with van der Waals surface area (Å²) in [4.78, 5) is 0. The molecular formula is C21H33O3Ti. The molecule has 139 valence electrons. The minimum atomic E-state index is -0.417. The second-order valence-electron chi connectivity index (χ2n) is 6.31. The molecule has 0 saturated carbocycles. The molecule has 25 heavy (non-hydrogen) atoms. The van der Waals surface area contributed by atoms with Crippen molar-refractivity contribution in [2.24, 2.45) is 0 Å². The predicted octanol–water partition coefficient (Wildman–Crippen LogP) is 2.38. The Morgan fingerprint density at radius 1 is 0.840 bits per heavy atom. The van der Waals surface area contributed by atoms with Crippen LogP contribution in [-0.2, 0) is 23.9 Å². The summed E-state index contributed by atoms with van der Waals surface area (Å²) in [5, 5.41) is 28.6. The van der Waals surface area contributed by atoms with E-state index in [4.69, 9.17) is 0 Å². The van der Waals surface area contributed by atoms with Gasteiger partial charge in [-0.15, -0.1) is 18.3 Å². The Bertz CT molecular complexity index is 429. The smallest absolute Gasteiger partial charge is 0.0783 e. The van der Waals surface area contributed by atoms with Crippen LogP contribution < -0.4 is 15.3 Å². The average Bonchev–Trinajstić information content (AvgIpc) is 2.98. The molecule has 0 heterocycles. The Hall–Kier alpha value is -0.706. The normalized spacial score (nSPS) is 11.6. The van der Waals surface area contributed by atoms with E-state index in [1.165, 1.54) is 16.7 Å². The number of benzene rings is 1. The number of hydrogen-bond donors (Lipinski definition) is 0. The summed E-state index contributed by atoms with van der Waals surface area (Å²) in [5.41, 5.74) is 1.50. The third kappa shape index (κ3) is 28.4. The van der Waals surface area contributed by atoms with Crippen molar-refractivity contribution in [2.45, 2.75) is 71.0 Å². The first-order chi connectivity index (χ1) is 11.6. The number of hydrogen-bond acceptors (Lipinski definition) is 3. The van der Waals surface area contributed by atoms with Crippen LogP contribution in [0.1, 0.15) is 53.5 Å². The zero-order chi connectivity index (χ0) is 19.7. The van der Waals surface area contributed by atoms with Gasteiger partial charge >= 0.3 is 88.3 Å². The van der Waals surface area contributed by atoms with Gasteiger partial charge in [0.2, 0.25) is 0 Å². The molecule has 1 aliphatic carbocycles. The topological polar surface area (TPSA) is 69.2 Å². The van der Waals surface area contributed by atoms with Crippen LogP contribution in [0.3, 0.4) is 0 Å². The van der Waals surface area contributed by atoms with Gasteiger partial charge in [-0.1, -0.05) is 41.5 Å². The van der Waals surface area contributed by atoms with E-state index in [1.807, 2.05) is 0 Å². The molecule has 1 aromatic carbocycles. The van der Waals surface area contributed by atoms with Crippen molar-refractivity contribution in [1.82, 2.24) is 0 Å². The van der Waals surface area contributed by atoms with E-state index in [0.717, 1.165) is 0 Å². The molecule has 0 bridgehead atoms. The number of allylic oxidation sites excluding steroid dienone is 4. The van der Waals surface area contributed by atoms with E-state index in [0.29, 0.717) is 0 Å². The SMILES string of the molecule is C1=CC[C]([Ti+3][CH2]c2ccccc2)=C1.CC(C)[O-].CC(C)[O-].CC(C)[O-]. The molecule has 3 nitrogen and oxygen atoms in total. The van der Waals surface area contributed by atoms with Gasteiger partial charge in [0.15, 0.2) is 0 Å². The van der Waals surface area contributed by atoms with Crippen LogP contribution in [0.2, 0.25) is 0 Å². The summed E-state index contributed by atoms with van der Waals surface area (Å²) in [6.07, 6.45) is 6.70. The molecule has 0 aromatic heterocycles. The quantitative estimate of drug-likeness (QED) is 0.755. The van der Waals surface area contributed by atoms with Crippen LogP contribution in [0.25, 0.3) is 0 Å². The van der Waals surface area contributed by atoms with Crippen molar-refractivity contribution >= 4 is 0 Å². The van der Waals surface area contributed by atoms with Gasteiger partial charge in [-0.3, -0.25) is 0 Å². The predicted molar refractivity (Wildman–Crippen MR) is 97.4 cm³/mol. The third-order valence-corrected chi connectivity index (χ3v) is 4.34.